The van der Waals surface area contributed by atoms with Gasteiger partial charge in [0.15, 0.2) is 0 Å². The van der Waals surface area contributed by atoms with Crippen LogP contribution in [0.1, 0.15) is 43.5 Å². The Hall–Kier alpha value is -1.51. The van der Waals surface area contributed by atoms with E-state index in [4.69, 9.17) is 5.73 Å². The number of anilines is 1. The highest BCUT2D eigenvalue weighted by atomic mass is 16.2. The van der Waals surface area contributed by atoms with Crippen molar-refractivity contribution < 1.29 is 4.79 Å². The number of nitrogens with two attached hydrogens (primary N) is 1. The van der Waals surface area contributed by atoms with Gasteiger partial charge in [0.1, 0.15) is 0 Å². The van der Waals surface area contributed by atoms with Crippen molar-refractivity contribution in [3.63, 3.8) is 0 Å². The summed E-state index contributed by atoms with van der Waals surface area (Å²) in [6.07, 6.45) is 3.37. The quantitative estimate of drug-likeness (QED) is 0.812. The molecule has 0 aromatic heterocycles. The van der Waals surface area contributed by atoms with E-state index >= 15 is 0 Å². The van der Waals surface area contributed by atoms with Crippen molar-refractivity contribution in [1.82, 2.24) is 4.90 Å². The van der Waals surface area contributed by atoms with Gasteiger partial charge in [0.05, 0.1) is 0 Å². The molecule has 0 heterocycles. The van der Waals surface area contributed by atoms with Crippen LogP contribution in [0.25, 0.3) is 0 Å². The van der Waals surface area contributed by atoms with E-state index < -0.39 is 0 Å². The summed E-state index contributed by atoms with van der Waals surface area (Å²) in [4.78, 5) is 14.5. The Balaban J connectivity index is 2.05. The Kier molecular flexibility index (Phi) is 3.90. The fourth-order valence-corrected chi connectivity index (χ4v) is 2.02. The van der Waals surface area contributed by atoms with Crippen molar-refractivity contribution in [2.24, 2.45) is 5.92 Å². The van der Waals surface area contributed by atoms with Gasteiger partial charge in [-0.3, -0.25) is 4.79 Å². The van der Waals surface area contributed by atoms with E-state index in [2.05, 4.69) is 13.8 Å². The lowest BCUT2D eigenvalue weighted by Gasteiger charge is -2.23. The van der Waals surface area contributed by atoms with Gasteiger partial charge in [0.25, 0.3) is 5.91 Å². The lowest BCUT2D eigenvalue weighted by Crippen LogP contribution is -2.34. The van der Waals surface area contributed by atoms with Gasteiger partial charge >= 0.3 is 0 Å². The van der Waals surface area contributed by atoms with Gasteiger partial charge in [-0.1, -0.05) is 13.8 Å². The monoisotopic (exact) mass is 246 g/mol. The molecule has 2 rings (SSSR count). The molecular weight excluding hydrogens is 224 g/mol. The number of hydrogen-bond donors (Lipinski definition) is 1. The number of hydrogen-bond acceptors (Lipinski definition) is 2. The summed E-state index contributed by atoms with van der Waals surface area (Å²) in [6, 6.07) is 7.70. The van der Waals surface area contributed by atoms with Gasteiger partial charge in [-0.2, -0.15) is 0 Å². The maximum absolute atomic E-state index is 12.4. The SMILES string of the molecule is CC(C)CCN(C(=O)c1ccc(N)cc1)C1CC1. The maximum Gasteiger partial charge on any atom is 0.254 e. The Morgan fingerprint density at radius 1 is 1.33 bits per heavy atom. The Morgan fingerprint density at radius 2 is 1.94 bits per heavy atom. The second-order valence-corrected chi connectivity index (χ2v) is 5.53. The third-order valence-corrected chi connectivity index (χ3v) is 3.35. The molecular formula is C15H22N2O. The summed E-state index contributed by atoms with van der Waals surface area (Å²) >= 11 is 0. The molecule has 1 aromatic carbocycles. The zero-order valence-corrected chi connectivity index (χ0v) is 11.2. The molecule has 0 radical (unpaired) electrons. The third-order valence-electron chi connectivity index (χ3n) is 3.35. The van der Waals surface area contributed by atoms with Crippen LogP contribution in [0, 0.1) is 5.92 Å². The lowest BCUT2D eigenvalue weighted by molar-refractivity contribution is 0.0735. The first-order valence-corrected chi connectivity index (χ1v) is 6.74. The summed E-state index contributed by atoms with van der Waals surface area (Å²) in [7, 11) is 0. The largest absolute Gasteiger partial charge is 0.399 e. The van der Waals surface area contributed by atoms with Crippen molar-refractivity contribution in [3.05, 3.63) is 29.8 Å². The number of nitrogens with zero attached hydrogens (tertiary/aromatic N) is 1. The molecule has 1 fully saturated rings. The van der Waals surface area contributed by atoms with Gasteiger partial charge in [-0.05, 0) is 49.4 Å². The first-order valence-electron chi connectivity index (χ1n) is 6.74. The van der Waals surface area contributed by atoms with Gasteiger partial charge in [-0.15, -0.1) is 0 Å². The number of carbonyl (C=O) groups is 1. The zero-order valence-electron chi connectivity index (χ0n) is 11.2. The smallest absolute Gasteiger partial charge is 0.254 e. The van der Waals surface area contributed by atoms with Crippen LogP contribution in [0.5, 0.6) is 0 Å². The van der Waals surface area contributed by atoms with Gasteiger partial charge in [-0.25, -0.2) is 0 Å². The minimum Gasteiger partial charge on any atom is -0.399 e. The molecule has 0 bridgehead atoms. The van der Waals surface area contributed by atoms with E-state index in [0.717, 1.165) is 31.4 Å². The molecule has 0 spiro atoms. The minimum atomic E-state index is 0.151. The second-order valence-electron chi connectivity index (χ2n) is 5.53. The Bertz CT molecular complexity index is 407. The van der Waals surface area contributed by atoms with Gasteiger partial charge in [0, 0.05) is 23.8 Å². The highest BCUT2D eigenvalue weighted by Crippen LogP contribution is 2.29. The Labute approximate surface area is 109 Å². The van der Waals surface area contributed by atoms with Crippen molar-refractivity contribution in [2.75, 3.05) is 12.3 Å². The van der Waals surface area contributed by atoms with E-state index in [9.17, 15) is 4.79 Å². The summed E-state index contributed by atoms with van der Waals surface area (Å²) in [5.41, 5.74) is 7.10. The van der Waals surface area contributed by atoms with E-state index in [1.165, 1.54) is 0 Å². The molecule has 0 atom stereocenters. The van der Waals surface area contributed by atoms with Crippen molar-refractivity contribution >= 4 is 11.6 Å². The number of amides is 1. The molecule has 1 aromatic rings. The molecule has 1 aliphatic rings. The van der Waals surface area contributed by atoms with Crippen LogP contribution in [0.15, 0.2) is 24.3 Å². The van der Waals surface area contributed by atoms with Crippen LogP contribution in [0.2, 0.25) is 0 Å². The maximum atomic E-state index is 12.4. The van der Waals surface area contributed by atoms with Crippen LogP contribution in [-0.2, 0) is 0 Å². The van der Waals surface area contributed by atoms with Gasteiger partial charge < -0.3 is 10.6 Å². The number of carbonyl (C=O) groups excluding carboxylic acids is 1. The predicted molar refractivity (Wildman–Crippen MR) is 74.4 cm³/mol. The number of benzene rings is 1. The topological polar surface area (TPSA) is 46.3 Å². The molecule has 1 saturated carbocycles. The zero-order chi connectivity index (χ0) is 13.1. The molecule has 98 valence electrons. The minimum absolute atomic E-state index is 0.151. The average Bonchev–Trinajstić information content (AvgIpc) is 3.14. The second kappa shape index (κ2) is 5.42. The normalized spacial score (nSPS) is 14.8. The third kappa shape index (κ3) is 3.25. The summed E-state index contributed by atoms with van der Waals surface area (Å²) in [5, 5.41) is 0. The highest BCUT2D eigenvalue weighted by Gasteiger charge is 2.32. The van der Waals surface area contributed by atoms with Crippen molar-refractivity contribution in [1.29, 1.82) is 0 Å². The van der Waals surface area contributed by atoms with Crippen LogP contribution in [0.3, 0.4) is 0 Å². The molecule has 1 amide bonds. The van der Waals surface area contributed by atoms with Crippen molar-refractivity contribution in [2.45, 2.75) is 39.2 Å². The van der Waals surface area contributed by atoms with Crippen LogP contribution in [-0.4, -0.2) is 23.4 Å². The van der Waals surface area contributed by atoms with Crippen molar-refractivity contribution in [3.8, 4) is 0 Å². The first kappa shape index (κ1) is 12.9. The Morgan fingerprint density at radius 3 is 2.44 bits per heavy atom. The molecule has 1 aliphatic carbocycles. The average molecular weight is 246 g/mol. The number of rotatable bonds is 5. The summed E-state index contributed by atoms with van der Waals surface area (Å²) < 4.78 is 0. The fourth-order valence-electron chi connectivity index (χ4n) is 2.02. The lowest BCUT2D eigenvalue weighted by atomic mass is 10.1. The first-order chi connectivity index (χ1) is 8.58. The van der Waals surface area contributed by atoms with E-state index in [-0.39, 0.29) is 5.91 Å². The molecule has 0 unspecified atom stereocenters. The molecule has 3 heteroatoms. The van der Waals surface area contributed by atoms with Crippen LogP contribution in [0.4, 0.5) is 5.69 Å². The molecule has 2 N–H and O–H groups in total. The van der Waals surface area contributed by atoms with E-state index in [1.807, 2.05) is 17.0 Å². The molecule has 18 heavy (non-hydrogen) atoms. The van der Waals surface area contributed by atoms with E-state index in [0.29, 0.717) is 17.6 Å². The summed E-state index contributed by atoms with van der Waals surface area (Å²) in [5.74, 6) is 0.781. The standard InChI is InChI=1S/C15H22N2O/c1-11(2)9-10-17(14-7-8-14)15(18)12-3-5-13(16)6-4-12/h3-6,11,14H,7-10,16H2,1-2H3. The van der Waals surface area contributed by atoms with Crippen LogP contribution < -0.4 is 5.73 Å². The fraction of sp³-hybridized carbons (Fsp3) is 0.533. The predicted octanol–water partition coefficient (Wildman–Crippen LogP) is 2.92. The molecule has 0 aliphatic heterocycles. The molecule has 3 nitrogen and oxygen atoms in total. The molecule has 0 saturated heterocycles. The number of nitrogen functional groups attached to an aromatic ring is 1. The van der Waals surface area contributed by atoms with Crippen LogP contribution >= 0.6 is 0 Å². The van der Waals surface area contributed by atoms with Gasteiger partial charge in [0.2, 0.25) is 0 Å². The highest BCUT2D eigenvalue weighted by molar-refractivity contribution is 5.94. The summed E-state index contributed by atoms with van der Waals surface area (Å²) in [6.45, 7) is 5.25. The van der Waals surface area contributed by atoms with E-state index in [1.54, 1.807) is 12.1 Å².